The average Bonchev–Trinajstić information content (AvgIpc) is 2.35. The van der Waals surface area contributed by atoms with Crippen LogP contribution in [0.3, 0.4) is 0 Å². The van der Waals surface area contributed by atoms with E-state index in [1.54, 1.807) is 0 Å². The molecule has 9 heteroatoms. The first kappa shape index (κ1) is 17.2. The topological polar surface area (TPSA) is 171 Å². The number of hydrogen-bond acceptors (Lipinski definition) is 8. The van der Waals surface area contributed by atoms with E-state index in [1.807, 2.05) is 0 Å². The van der Waals surface area contributed by atoms with Gasteiger partial charge in [-0.05, 0) is 0 Å². The zero-order valence-corrected chi connectivity index (χ0v) is 9.55. The van der Waals surface area contributed by atoms with Gasteiger partial charge in [0.05, 0.1) is 19.3 Å². The van der Waals surface area contributed by atoms with Gasteiger partial charge in [0.1, 0.15) is 24.4 Å². The number of carbonyl (C=O) groups is 1. The number of aliphatic carboxylic acids is 1. The number of carboxylic acids is 1. The zero-order valence-electron chi connectivity index (χ0n) is 9.55. The van der Waals surface area contributed by atoms with Gasteiger partial charge in [0.25, 0.3) is 0 Å². The van der Waals surface area contributed by atoms with Crippen molar-refractivity contribution < 1.29 is 40.5 Å². The van der Waals surface area contributed by atoms with Crippen molar-refractivity contribution in [3.05, 3.63) is 0 Å². The Morgan fingerprint density at radius 1 is 0.944 bits per heavy atom. The first-order chi connectivity index (χ1) is 8.34. The third-order valence-electron chi connectivity index (χ3n) is 2.38. The molecule has 0 aliphatic rings. The van der Waals surface area contributed by atoms with Crippen LogP contribution in [0.5, 0.6) is 0 Å². The van der Waals surface area contributed by atoms with Gasteiger partial charge in [-0.15, -0.1) is 0 Å². The number of carboxylic acid groups (broad SMARTS) is 1. The maximum atomic E-state index is 10.5. The Labute approximate surface area is 103 Å². The summed E-state index contributed by atoms with van der Waals surface area (Å²) in [5.41, 5.74) is 0. The lowest BCUT2D eigenvalue weighted by atomic mass is 10.0. The number of hydrogen-bond donors (Lipinski definition) is 8. The summed E-state index contributed by atoms with van der Waals surface area (Å²) in [7, 11) is 0. The van der Waals surface area contributed by atoms with Crippen molar-refractivity contribution in [3.8, 4) is 0 Å². The normalized spacial score (nSPS) is 19.9. The molecule has 0 bridgehead atoms. The van der Waals surface area contributed by atoms with Gasteiger partial charge in [-0.1, -0.05) is 0 Å². The summed E-state index contributed by atoms with van der Waals surface area (Å²) in [6.45, 7) is -1.93. The van der Waals surface area contributed by atoms with E-state index in [-0.39, 0.29) is 0 Å². The fourth-order valence-corrected chi connectivity index (χ4v) is 1.18. The smallest absolute Gasteiger partial charge is 0.323 e. The summed E-state index contributed by atoms with van der Waals surface area (Å²) in [4.78, 5) is 10.5. The molecule has 0 rings (SSSR count). The lowest BCUT2D eigenvalue weighted by Crippen LogP contribution is -2.51. The summed E-state index contributed by atoms with van der Waals surface area (Å²) < 4.78 is 0. The third-order valence-corrected chi connectivity index (χ3v) is 2.38. The van der Waals surface area contributed by atoms with E-state index in [2.05, 4.69) is 5.32 Å². The largest absolute Gasteiger partial charge is 0.480 e. The minimum atomic E-state index is -1.77. The molecule has 0 saturated heterocycles. The molecule has 0 saturated carbocycles. The molecule has 9 nitrogen and oxygen atoms in total. The van der Waals surface area contributed by atoms with Crippen LogP contribution in [0.2, 0.25) is 0 Å². The maximum Gasteiger partial charge on any atom is 0.323 e. The fraction of sp³-hybridized carbons (Fsp3) is 0.889. The molecule has 0 spiro atoms. The van der Waals surface area contributed by atoms with Crippen molar-refractivity contribution in [2.24, 2.45) is 0 Å². The number of aliphatic hydroxyl groups is 6. The molecule has 8 N–H and O–H groups in total. The van der Waals surface area contributed by atoms with Crippen LogP contribution in [0.4, 0.5) is 0 Å². The van der Waals surface area contributed by atoms with Gasteiger partial charge >= 0.3 is 5.97 Å². The van der Waals surface area contributed by atoms with E-state index in [0.717, 1.165) is 0 Å². The highest BCUT2D eigenvalue weighted by Crippen LogP contribution is 2.04. The zero-order chi connectivity index (χ0) is 14.3. The molecule has 0 aromatic carbocycles. The first-order valence-corrected chi connectivity index (χ1v) is 5.25. The van der Waals surface area contributed by atoms with E-state index in [4.69, 9.17) is 20.4 Å². The van der Waals surface area contributed by atoms with Gasteiger partial charge in [-0.3, -0.25) is 10.1 Å². The summed E-state index contributed by atoms with van der Waals surface area (Å²) in [5.74, 6) is -1.34. The molecule has 18 heavy (non-hydrogen) atoms. The minimum Gasteiger partial charge on any atom is -0.480 e. The van der Waals surface area contributed by atoms with Crippen LogP contribution in [-0.2, 0) is 4.79 Å². The maximum absolute atomic E-state index is 10.5. The van der Waals surface area contributed by atoms with Crippen molar-refractivity contribution in [1.82, 2.24) is 5.32 Å². The Balaban J connectivity index is 4.23. The standard InChI is InChI=1S/C9H19NO8/c11-2-4(9(17)18)10-1-5(13)7(15)8(16)6(14)3-12/h4-8,10-16H,1-3H2,(H,17,18)/t4-,5?,6?,7?,8?/m0/s1. The Morgan fingerprint density at radius 3 is 1.83 bits per heavy atom. The van der Waals surface area contributed by atoms with Crippen molar-refractivity contribution >= 4 is 5.97 Å². The third kappa shape index (κ3) is 5.23. The Kier molecular flexibility index (Phi) is 7.95. The molecule has 0 aromatic heterocycles. The lowest BCUT2D eigenvalue weighted by molar-refractivity contribution is -0.141. The molecular formula is C9H19NO8. The molecule has 0 aliphatic carbocycles. The molecule has 0 amide bonds. The quantitative estimate of drug-likeness (QED) is 0.205. The van der Waals surface area contributed by atoms with E-state index < -0.39 is 56.2 Å². The second-order valence-electron chi connectivity index (χ2n) is 3.78. The second-order valence-corrected chi connectivity index (χ2v) is 3.78. The lowest BCUT2D eigenvalue weighted by Gasteiger charge is -2.26. The number of aliphatic hydroxyl groups excluding tert-OH is 6. The monoisotopic (exact) mass is 269 g/mol. The molecule has 0 aromatic rings. The molecule has 0 radical (unpaired) electrons. The fourth-order valence-electron chi connectivity index (χ4n) is 1.18. The number of rotatable bonds is 9. The van der Waals surface area contributed by atoms with E-state index in [9.17, 15) is 20.1 Å². The van der Waals surface area contributed by atoms with Gasteiger partial charge in [0.15, 0.2) is 0 Å². The van der Waals surface area contributed by atoms with E-state index in [0.29, 0.717) is 0 Å². The van der Waals surface area contributed by atoms with Crippen molar-refractivity contribution in [2.75, 3.05) is 19.8 Å². The second kappa shape index (κ2) is 8.32. The molecule has 0 fully saturated rings. The predicted molar refractivity (Wildman–Crippen MR) is 57.6 cm³/mol. The van der Waals surface area contributed by atoms with Gasteiger partial charge < -0.3 is 35.7 Å². The predicted octanol–water partition coefficient (Wildman–Crippen LogP) is -4.54. The average molecular weight is 269 g/mol. The molecule has 4 unspecified atom stereocenters. The SMILES string of the molecule is O=C(O)[C@H](CO)NCC(O)C(O)C(O)C(O)CO. The highest BCUT2D eigenvalue weighted by Gasteiger charge is 2.30. The molecule has 108 valence electrons. The summed E-state index contributed by atoms with van der Waals surface area (Å²) in [6.07, 6.45) is -6.74. The van der Waals surface area contributed by atoms with Crippen LogP contribution in [-0.4, -0.2) is 91.9 Å². The van der Waals surface area contributed by atoms with E-state index >= 15 is 0 Å². The Hall–Kier alpha value is -0.810. The van der Waals surface area contributed by atoms with Crippen LogP contribution in [0.25, 0.3) is 0 Å². The van der Waals surface area contributed by atoms with Crippen LogP contribution < -0.4 is 5.32 Å². The summed E-state index contributed by atoms with van der Waals surface area (Å²) in [6, 6.07) is -1.31. The summed E-state index contributed by atoms with van der Waals surface area (Å²) in [5, 5.41) is 65.1. The Bertz CT molecular complexity index is 251. The number of nitrogens with one attached hydrogen (secondary N) is 1. The molecular weight excluding hydrogens is 250 g/mol. The van der Waals surface area contributed by atoms with Crippen molar-refractivity contribution in [2.45, 2.75) is 30.5 Å². The highest BCUT2D eigenvalue weighted by atomic mass is 16.4. The van der Waals surface area contributed by atoms with Crippen LogP contribution in [0, 0.1) is 0 Å². The van der Waals surface area contributed by atoms with Crippen LogP contribution in [0.15, 0.2) is 0 Å². The van der Waals surface area contributed by atoms with Crippen molar-refractivity contribution in [1.29, 1.82) is 0 Å². The van der Waals surface area contributed by atoms with Gasteiger partial charge in [0, 0.05) is 6.54 Å². The van der Waals surface area contributed by atoms with E-state index in [1.165, 1.54) is 0 Å². The molecule has 0 heterocycles. The van der Waals surface area contributed by atoms with Gasteiger partial charge in [-0.2, -0.15) is 0 Å². The van der Waals surface area contributed by atoms with Crippen LogP contribution in [0.1, 0.15) is 0 Å². The first-order valence-electron chi connectivity index (χ1n) is 5.25. The van der Waals surface area contributed by atoms with Crippen molar-refractivity contribution in [3.63, 3.8) is 0 Å². The van der Waals surface area contributed by atoms with Gasteiger partial charge in [0.2, 0.25) is 0 Å². The summed E-state index contributed by atoms with van der Waals surface area (Å²) >= 11 is 0. The molecule has 5 atom stereocenters. The molecule has 0 aliphatic heterocycles. The van der Waals surface area contributed by atoms with Gasteiger partial charge in [-0.25, -0.2) is 0 Å². The Morgan fingerprint density at radius 2 is 1.44 bits per heavy atom. The minimum absolute atomic E-state index is 0.423. The highest BCUT2D eigenvalue weighted by molar-refractivity contribution is 5.73. The van der Waals surface area contributed by atoms with Crippen LogP contribution >= 0.6 is 0 Å².